The number of benzene rings is 1. The quantitative estimate of drug-likeness (QED) is 0.908. The number of nitrogens with zero attached hydrogens (tertiary/aromatic N) is 1. The number of aryl methyl sites for hydroxylation is 1. The lowest BCUT2D eigenvalue weighted by molar-refractivity contribution is 0.0999. The van der Waals surface area contributed by atoms with Crippen LogP contribution >= 0.6 is 0 Å². The first-order valence-electron chi connectivity index (χ1n) is 7.41. The van der Waals surface area contributed by atoms with Crippen LogP contribution in [0.15, 0.2) is 30.3 Å². The fourth-order valence-electron chi connectivity index (χ4n) is 2.69. The highest BCUT2D eigenvalue weighted by Gasteiger charge is 2.11. The van der Waals surface area contributed by atoms with Gasteiger partial charge in [-0.1, -0.05) is 6.07 Å². The van der Waals surface area contributed by atoms with Gasteiger partial charge in [0.15, 0.2) is 0 Å². The number of rotatable bonds is 3. The van der Waals surface area contributed by atoms with Crippen molar-refractivity contribution in [2.75, 3.05) is 13.1 Å². The molecule has 0 fully saturated rings. The minimum atomic E-state index is -0.478. The van der Waals surface area contributed by atoms with Crippen LogP contribution in [-0.4, -0.2) is 24.0 Å². The Morgan fingerprint density at radius 1 is 1.18 bits per heavy atom. The van der Waals surface area contributed by atoms with Gasteiger partial charge in [-0.05, 0) is 62.2 Å². The van der Waals surface area contributed by atoms with E-state index in [2.05, 4.69) is 22.4 Å². The standard InChI is InChI=1S/C17H19N3O2/c1-11-15(17(18)21)4-5-16(20-11)22-14-3-2-12-6-8-19-9-7-13(12)10-14/h2-5,10,19H,6-9H2,1H3,(H2,18,21). The number of amides is 1. The van der Waals surface area contributed by atoms with Crippen LogP contribution in [0.1, 0.15) is 27.2 Å². The zero-order valence-electron chi connectivity index (χ0n) is 12.6. The molecule has 0 radical (unpaired) electrons. The van der Waals surface area contributed by atoms with Crippen LogP contribution in [0.5, 0.6) is 11.6 Å². The highest BCUT2D eigenvalue weighted by molar-refractivity contribution is 5.93. The third-order valence-corrected chi connectivity index (χ3v) is 3.87. The number of carbonyl (C=O) groups excluding carboxylic acids is 1. The van der Waals surface area contributed by atoms with Crippen LogP contribution in [0.3, 0.4) is 0 Å². The molecule has 3 N–H and O–H groups in total. The number of primary amides is 1. The monoisotopic (exact) mass is 297 g/mol. The number of pyridine rings is 1. The summed E-state index contributed by atoms with van der Waals surface area (Å²) in [6.45, 7) is 3.75. The van der Waals surface area contributed by atoms with Gasteiger partial charge in [0.2, 0.25) is 5.88 Å². The summed E-state index contributed by atoms with van der Waals surface area (Å²) in [5, 5.41) is 3.39. The lowest BCUT2D eigenvalue weighted by Gasteiger charge is -2.10. The summed E-state index contributed by atoms with van der Waals surface area (Å²) in [5.41, 5.74) is 8.95. The molecule has 0 saturated heterocycles. The number of hydrogen-bond acceptors (Lipinski definition) is 4. The topological polar surface area (TPSA) is 77.2 Å². The van der Waals surface area contributed by atoms with Crippen LogP contribution in [0, 0.1) is 6.92 Å². The Morgan fingerprint density at radius 2 is 1.95 bits per heavy atom. The largest absolute Gasteiger partial charge is 0.439 e. The lowest BCUT2D eigenvalue weighted by Crippen LogP contribution is -2.16. The third kappa shape index (κ3) is 3.09. The molecule has 0 unspecified atom stereocenters. The molecule has 3 rings (SSSR count). The summed E-state index contributed by atoms with van der Waals surface area (Å²) in [4.78, 5) is 15.5. The molecule has 0 bridgehead atoms. The first kappa shape index (κ1) is 14.5. The second kappa shape index (κ2) is 6.15. The van der Waals surface area contributed by atoms with E-state index in [0.29, 0.717) is 17.1 Å². The Bertz CT molecular complexity index is 713. The van der Waals surface area contributed by atoms with E-state index in [9.17, 15) is 4.79 Å². The molecule has 1 aliphatic heterocycles. The zero-order valence-corrected chi connectivity index (χ0v) is 12.6. The predicted molar refractivity (Wildman–Crippen MR) is 84.3 cm³/mol. The maximum Gasteiger partial charge on any atom is 0.250 e. The van der Waals surface area contributed by atoms with Gasteiger partial charge in [0.1, 0.15) is 5.75 Å². The first-order chi connectivity index (χ1) is 10.6. The maximum atomic E-state index is 11.2. The first-order valence-corrected chi connectivity index (χ1v) is 7.41. The molecular weight excluding hydrogens is 278 g/mol. The minimum absolute atomic E-state index is 0.417. The van der Waals surface area contributed by atoms with Crippen molar-refractivity contribution in [3.8, 4) is 11.6 Å². The molecule has 22 heavy (non-hydrogen) atoms. The van der Waals surface area contributed by atoms with E-state index in [0.717, 1.165) is 31.7 Å². The van der Waals surface area contributed by atoms with Gasteiger partial charge in [-0.2, -0.15) is 0 Å². The molecule has 1 aliphatic rings. The molecule has 0 atom stereocenters. The molecule has 0 aliphatic carbocycles. The summed E-state index contributed by atoms with van der Waals surface area (Å²) in [6, 6.07) is 9.46. The lowest BCUT2D eigenvalue weighted by atomic mass is 10.0. The predicted octanol–water partition coefficient (Wildman–Crippen LogP) is 1.97. The third-order valence-electron chi connectivity index (χ3n) is 3.87. The van der Waals surface area contributed by atoms with Gasteiger partial charge in [0, 0.05) is 6.07 Å². The summed E-state index contributed by atoms with van der Waals surface area (Å²) in [5.74, 6) is 0.752. The summed E-state index contributed by atoms with van der Waals surface area (Å²) >= 11 is 0. The molecule has 0 spiro atoms. The Labute approximate surface area is 129 Å². The minimum Gasteiger partial charge on any atom is -0.439 e. The summed E-state index contributed by atoms with van der Waals surface area (Å²) < 4.78 is 5.82. The normalized spacial score (nSPS) is 14.0. The molecule has 114 valence electrons. The average molecular weight is 297 g/mol. The Morgan fingerprint density at radius 3 is 2.68 bits per heavy atom. The molecular formula is C17H19N3O2. The average Bonchev–Trinajstić information content (AvgIpc) is 2.71. The highest BCUT2D eigenvalue weighted by Crippen LogP contribution is 2.25. The van der Waals surface area contributed by atoms with E-state index < -0.39 is 5.91 Å². The van der Waals surface area contributed by atoms with Crippen LogP contribution in [0.25, 0.3) is 0 Å². The van der Waals surface area contributed by atoms with E-state index in [-0.39, 0.29) is 0 Å². The highest BCUT2D eigenvalue weighted by atomic mass is 16.5. The Hall–Kier alpha value is -2.40. The van der Waals surface area contributed by atoms with Crippen molar-refractivity contribution in [1.29, 1.82) is 0 Å². The summed E-state index contributed by atoms with van der Waals surface area (Å²) in [7, 11) is 0. The maximum absolute atomic E-state index is 11.2. The number of nitrogens with one attached hydrogen (secondary N) is 1. The van der Waals surface area contributed by atoms with Crippen molar-refractivity contribution in [3.05, 3.63) is 52.7 Å². The van der Waals surface area contributed by atoms with E-state index in [4.69, 9.17) is 10.5 Å². The van der Waals surface area contributed by atoms with Crippen LogP contribution < -0.4 is 15.8 Å². The van der Waals surface area contributed by atoms with Crippen molar-refractivity contribution in [3.63, 3.8) is 0 Å². The van der Waals surface area contributed by atoms with Crippen molar-refractivity contribution < 1.29 is 9.53 Å². The van der Waals surface area contributed by atoms with Gasteiger partial charge in [-0.15, -0.1) is 0 Å². The van der Waals surface area contributed by atoms with Gasteiger partial charge in [0.25, 0.3) is 5.91 Å². The molecule has 1 aromatic carbocycles. The Balaban J connectivity index is 1.83. The van der Waals surface area contributed by atoms with E-state index >= 15 is 0 Å². The number of hydrogen-bond donors (Lipinski definition) is 2. The number of fused-ring (bicyclic) bond motifs is 1. The van der Waals surface area contributed by atoms with E-state index in [1.807, 2.05) is 6.07 Å². The van der Waals surface area contributed by atoms with Crippen molar-refractivity contribution in [2.24, 2.45) is 5.73 Å². The van der Waals surface area contributed by atoms with Gasteiger partial charge in [0.05, 0.1) is 11.3 Å². The fraction of sp³-hybridized carbons (Fsp3) is 0.294. The molecule has 0 saturated carbocycles. The number of nitrogens with two attached hydrogens (primary N) is 1. The molecule has 5 nitrogen and oxygen atoms in total. The summed E-state index contributed by atoms with van der Waals surface area (Å²) in [6.07, 6.45) is 2.04. The smallest absolute Gasteiger partial charge is 0.250 e. The molecule has 1 amide bonds. The second-order valence-electron chi connectivity index (χ2n) is 5.43. The van der Waals surface area contributed by atoms with Gasteiger partial charge >= 0.3 is 0 Å². The van der Waals surface area contributed by atoms with Crippen LogP contribution in [-0.2, 0) is 12.8 Å². The number of carbonyl (C=O) groups is 1. The van der Waals surface area contributed by atoms with Crippen molar-refractivity contribution >= 4 is 5.91 Å². The second-order valence-corrected chi connectivity index (χ2v) is 5.43. The number of ether oxygens (including phenoxy) is 1. The van der Waals surface area contributed by atoms with E-state index in [1.165, 1.54) is 11.1 Å². The number of aromatic nitrogens is 1. The van der Waals surface area contributed by atoms with Crippen molar-refractivity contribution in [1.82, 2.24) is 10.3 Å². The SMILES string of the molecule is Cc1nc(Oc2ccc3c(c2)CCNCC3)ccc1C(N)=O. The van der Waals surface area contributed by atoms with Gasteiger partial charge in [-0.3, -0.25) is 4.79 Å². The molecule has 1 aromatic heterocycles. The van der Waals surface area contributed by atoms with E-state index in [1.54, 1.807) is 19.1 Å². The van der Waals surface area contributed by atoms with Gasteiger partial charge in [-0.25, -0.2) is 4.98 Å². The molecule has 2 aromatic rings. The van der Waals surface area contributed by atoms with Crippen LogP contribution in [0.4, 0.5) is 0 Å². The van der Waals surface area contributed by atoms with Crippen LogP contribution in [0.2, 0.25) is 0 Å². The van der Waals surface area contributed by atoms with Crippen molar-refractivity contribution in [2.45, 2.75) is 19.8 Å². The Kier molecular flexibility index (Phi) is 4.06. The fourth-order valence-corrected chi connectivity index (χ4v) is 2.69. The molecule has 2 heterocycles. The zero-order chi connectivity index (χ0) is 15.5. The molecule has 5 heteroatoms. The van der Waals surface area contributed by atoms with Gasteiger partial charge < -0.3 is 15.8 Å².